The molecule has 0 saturated carbocycles. The fourth-order valence-electron chi connectivity index (χ4n) is 1.45. The Morgan fingerprint density at radius 1 is 1.32 bits per heavy atom. The average molecular weight is 298 g/mol. The number of nitrogens with zero attached hydrogens (tertiary/aromatic N) is 2. The summed E-state index contributed by atoms with van der Waals surface area (Å²) in [6.07, 6.45) is 1.18. The molecule has 1 heterocycles. The van der Waals surface area contributed by atoms with Crippen LogP contribution in [0.3, 0.4) is 0 Å². The first kappa shape index (κ1) is 13.6. The number of benzene rings is 1. The predicted molar refractivity (Wildman–Crippen MR) is 72.8 cm³/mol. The normalized spacial score (nSPS) is 10.3. The summed E-state index contributed by atoms with van der Waals surface area (Å²) in [5.41, 5.74) is 0.727. The number of carbonyl (C=O) groups is 1. The highest BCUT2D eigenvalue weighted by molar-refractivity contribution is 6.43. The van der Waals surface area contributed by atoms with E-state index in [0.29, 0.717) is 5.56 Å². The lowest BCUT2D eigenvalue weighted by Gasteiger charge is -2.08. The van der Waals surface area contributed by atoms with Crippen LogP contribution in [0.25, 0.3) is 0 Å². The number of hydrogen-bond acceptors (Lipinski definition) is 4. The SMILES string of the molecule is Cc1cccc(C(=O)Nc2ncnc(Cl)c2Cl)c1O. The highest BCUT2D eigenvalue weighted by Crippen LogP contribution is 2.27. The molecule has 0 atom stereocenters. The standard InChI is InChI=1S/C12H9Cl2N3O2/c1-6-3-2-4-7(9(6)18)12(19)17-11-8(13)10(14)15-5-16-11/h2-5,18H,1H3,(H,15,16,17,19). The molecule has 0 aliphatic heterocycles. The van der Waals surface area contributed by atoms with Crippen molar-refractivity contribution in [1.29, 1.82) is 0 Å². The van der Waals surface area contributed by atoms with Crippen LogP contribution in [0, 0.1) is 6.92 Å². The lowest BCUT2D eigenvalue weighted by Crippen LogP contribution is -2.14. The molecule has 0 spiro atoms. The minimum absolute atomic E-state index is 0.0421. The van der Waals surface area contributed by atoms with Crippen molar-refractivity contribution >= 4 is 34.9 Å². The molecule has 2 aromatic rings. The molecule has 0 aliphatic carbocycles. The zero-order chi connectivity index (χ0) is 14.0. The van der Waals surface area contributed by atoms with Crippen LogP contribution in [-0.4, -0.2) is 21.0 Å². The van der Waals surface area contributed by atoms with E-state index in [2.05, 4.69) is 15.3 Å². The summed E-state index contributed by atoms with van der Waals surface area (Å²) in [4.78, 5) is 19.5. The van der Waals surface area contributed by atoms with E-state index in [0.717, 1.165) is 0 Å². The van der Waals surface area contributed by atoms with Gasteiger partial charge in [-0.3, -0.25) is 4.79 Å². The Balaban J connectivity index is 2.31. The number of nitrogens with one attached hydrogen (secondary N) is 1. The maximum atomic E-state index is 12.0. The molecule has 1 aromatic heterocycles. The molecule has 0 radical (unpaired) electrons. The van der Waals surface area contributed by atoms with E-state index < -0.39 is 5.91 Å². The Hall–Kier alpha value is -1.85. The van der Waals surface area contributed by atoms with Crippen molar-refractivity contribution in [1.82, 2.24) is 9.97 Å². The van der Waals surface area contributed by atoms with Crippen LogP contribution in [0.4, 0.5) is 5.82 Å². The van der Waals surface area contributed by atoms with Gasteiger partial charge in [-0.25, -0.2) is 9.97 Å². The van der Waals surface area contributed by atoms with Crippen molar-refractivity contribution in [3.8, 4) is 5.75 Å². The second-order valence-electron chi connectivity index (χ2n) is 3.75. The van der Waals surface area contributed by atoms with E-state index in [-0.39, 0.29) is 27.3 Å². The quantitative estimate of drug-likeness (QED) is 0.836. The molecule has 7 heteroatoms. The third-order valence-electron chi connectivity index (χ3n) is 2.46. The van der Waals surface area contributed by atoms with Crippen LogP contribution in [0.2, 0.25) is 10.2 Å². The fraction of sp³-hybridized carbons (Fsp3) is 0.0833. The molecule has 98 valence electrons. The maximum Gasteiger partial charge on any atom is 0.260 e. The Morgan fingerprint density at radius 3 is 2.79 bits per heavy atom. The number of aryl methyl sites for hydroxylation is 1. The smallest absolute Gasteiger partial charge is 0.260 e. The van der Waals surface area contributed by atoms with Gasteiger partial charge in [0.2, 0.25) is 0 Å². The minimum atomic E-state index is -0.530. The van der Waals surface area contributed by atoms with Gasteiger partial charge < -0.3 is 10.4 Å². The van der Waals surface area contributed by atoms with Crippen LogP contribution >= 0.6 is 23.2 Å². The number of hydrogen-bond donors (Lipinski definition) is 2. The highest BCUT2D eigenvalue weighted by Gasteiger charge is 2.15. The number of rotatable bonds is 2. The molecule has 0 aliphatic rings. The van der Waals surface area contributed by atoms with E-state index in [1.807, 2.05) is 0 Å². The molecule has 0 unspecified atom stereocenters. The Labute approximate surface area is 119 Å². The molecule has 2 N–H and O–H groups in total. The van der Waals surface area contributed by atoms with Gasteiger partial charge in [-0.2, -0.15) is 0 Å². The number of phenolic OH excluding ortho intramolecular Hbond substituents is 1. The lowest BCUT2D eigenvalue weighted by molar-refractivity contribution is 0.102. The van der Waals surface area contributed by atoms with Crippen molar-refractivity contribution in [2.45, 2.75) is 6.92 Å². The molecule has 5 nitrogen and oxygen atoms in total. The monoisotopic (exact) mass is 297 g/mol. The van der Waals surface area contributed by atoms with Gasteiger partial charge in [0.1, 0.15) is 17.1 Å². The van der Waals surface area contributed by atoms with Gasteiger partial charge in [0, 0.05) is 0 Å². The first-order chi connectivity index (χ1) is 9.00. The van der Waals surface area contributed by atoms with E-state index in [1.54, 1.807) is 19.1 Å². The van der Waals surface area contributed by atoms with Crippen molar-refractivity contribution in [2.24, 2.45) is 0 Å². The molecule has 0 bridgehead atoms. The van der Waals surface area contributed by atoms with Crippen LogP contribution in [0.15, 0.2) is 24.5 Å². The van der Waals surface area contributed by atoms with Gasteiger partial charge in [-0.05, 0) is 18.6 Å². The summed E-state index contributed by atoms with van der Waals surface area (Å²) >= 11 is 11.6. The van der Waals surface area contributed by atoms with E-state index in [4.69, 9.17) is 23.2 Å². The third kappa shape index (κ3) is 2.77. The summed E-state index contributed by atoms with van der Waals surface area (Å²) in [5, 5.41) is 12.4. The number of para-hydroxylation sites is 1. The summed E-state index contributed by atoms with van der Waals surface area (Å²) in [5.74, 6) is -0.526. The molecular weight excluding hydrogens is 289 g/mol. The van der Waals surface area contributed by atoms with E-state index in [1.165, 1.54) is 12.4 Å². The van der Waals surface area contributed by atoms with E-state index in [9.17, 15) is 9.90 Å². The van der Waals surface area contributed by atoms with Crippen LogP contribution in [0.5, 0.6) is 5.75 Å². The van der Waals surface area contributed by atoms with Crippen molar-refractivity contribution in [3.63, 3.8) is 0 Å². The molecule has 0 saturated heterocycles. The molecule has 0 fully saturated rings. The third-order valence-corrected chi connectivity index (χ3v) is 3.20. The number of aromatic nitrogens is 2. The van der Waals surface area contributed by atoms with Crippen LogP contribution < -0.4 is 5.32 Å². The number of phenols is 1. The maximum absolute atomic E-state index is 12.0. The highest BCUT2D eigenvalue weighted by atomic mass is 35.5. The van der Waals surface area contributed by atoms with E-state index >= 15 is 0 Å². The summed E-state index contributed by atoms with van der Waals surface area (Å²) in [6, 6.07) is 4.85. The second-order valence-corrected chi connectivity index (χ2v) is 4.49. The topological polar surface area (TPSA) is 75.1 Å². The van der Waals surface area contributed by atoms with Crippen molar-refractivity contribution in [2.75, 3.05) is 5.32 Å². The van der Waals surface area contributed by atoms with Gasteiger partial charge >= 0.3 is 0 Å². The predicted octanol–water partition coefficient (Wildman–Crippen LogP) is 3.05. The van der Waals surface area contributed by atoms with Crippen molar-refractivity contribution < 1.29 is 9.90 Å². The van der Waals surface area contributed by atoms with Crippen LogP contribution in [-0.2, 0) is 0 Å². The van der Waals surface area contributed by atoms with Crippen molar-refractivity contribution in [3.05, 3.63) is 45.8 Å². The number of carbonyl (C=O) groups excluding carboxylic acids is 1. The number of aromatic hydroxyl groups is 1. The minimum Gasteiger partial charge on any atom is -0.507 e. The fourth-order valence-corrected chi connectivity index (χ4v) is 1.73. The molecule has 1 amide bonds. The van der Waals surface area contributed by atoms with Crippen LogP contribution in [0.1, 0.15) is 15.9 Å². The summed E-state index contributed by atoms with van der Waals surface area (Å²) in [6.45, 7) is 1.70. The average Bonchev–Trinajstić information content (AvgIpc) is 2.38. The first-order valence-corrected chi connectivity index (χ1v) is 6.02. The zero-order valence-corrected chi connectivity index (χ0v) is 11.3. The van der Waals surface area contributed by atoms with Gasteiger partial charge in [0.25, 0.3) is 5.91 Å². The lowest BCUT2D eigenvalue weighted by atomic mass is 10.1. The Morgan fingerprint density at radius 2 is 2.05 bits per heavy atom. The van der Waals surface area contributed by atoms with Gasteiger partial charge in [-0.1, -0.05) is 35.3 Å². The Bertz CT molecular complexity index is 647. The van der Waals surface area contributed by atoms with Gasteiger partial charge in [0.15, 0.2) is 11.0 Å². The molecule has 19 heavy (non-hydrogen) atoms. The Kier molecular flexibility index (Phi) is 3.87. The number of amides is 1. The summed E-state index contributed by atoms with van der Waals surface area (Å²) in [7, 11) is 0. The summed E-state index contributed by atoms with van der Waals surface area (Å²) < 4.78 is 0. The molecular formula is C12H9Cl2N3O2. The number of anilines is 1. The molecule has 2 rings (SSSR count). The number of halogens is 2. The zero-order valence-electron chi connectivity index (χ0n) is 9.82. The second kappa shape index (κ2) is 5.42. The van der Waals surface area contributed by atoms with Gasteiger partial charge in [-0.15, -0.1) is 0 Å². The van der Waals surface area contributed by atoms with Gasteiger partial charge in [0.05, 0.1) is 5.56 Å². The first-order valence-electron chi connectivity index (χ1n) is 5.26. The molecule has 1 aromatic carbocycles. The largest absolute Gasteiger partial charge is 0.507 e.